The van der Waals surface area contributed by atoms with E-state index in [-0.39, 0.29) is 0 Å². The van der Waals surface area contributed by atoms with Crippen LogP contribution in [0.5, 0.6) is 5.75 Å². The largest absolute Gasteiger partial charge is 0.496 e. The van der Waals surface area contributed by atoms with Gasteiger partial charge in [0.25, 0.3) is 0 Å². The summed E-state index contributed by atoms with van der Waals surface area (Å²) in [5, 5.41) is 3.53. The Balaban J connectivity index is 2.29. The fourth-order valence-corrected chi connectivity index (χ4v) is 2.00. The highest BCUT2D eigenvalue weighted by molar-refractivity contribution is 5.35. The van der Waals surface area contributed by atoms with Crippen LogP contribution >= 0.6 is 0 Å². The molecule has 0 amide bonds. The molecule has 0 bridgehead atoms. The molecule has 1 rings (SSSR count). The maximum Gasteiger partial charge on any atom is 0.123 e. The fraction of sp³-hybridized carbons (Fsp3) is 0.600. The van der Waals surface area contributed by atoms with Crippen molar-refractivity contribution >= 4 is 0 Å². The Kier molecular flexibility index (Phi) is 7.46. The van der Waals surface area contributed by atoms with E-state index < -0.39 is 0 Å². The molecule has 1 atom stereocenters. The van der Waals surface area contributed by atoms with E-state index in [9.17, 15) is 0 Å². The first kappa shape index (κ1) is 15.0. The third kappa shape index (κ3) is 5.07. The van der Waals surface area contributed by atoms with Crippen LogP contribution in [0.2, 0.25) is 0 Å². The third-order valence-corrected chi connectivity index (χ3v) is 3.08. The van der Waals surface area contributed by atoms with Gasteiger partial charge in [0.15, 0.2) is 0 Å². The Bertz CT molecular complexity index is 328. The van der Waals surface area contributed by atoms with Gasteiger partial charge in [0.2, 0.25) is 0 Å². The molecular weight excluding hydrogens is 226 g/mol. The van der Waals surface area contributed by atoms with Gasteiger partial charge in [-0.1, -0.05) is 18.2 Å². The first-order valence-electron chi connectivity index (χ1n) is 6.64. The van der Waals surface area contributed by atoms with Crippen molar-refractivity contribution in [1.29, 1.82) is 0 Å². The lowest BCUT2D eigenvalue weighted by molar-refractivity contribution is 0.192. The average Bonchev–Trinajstić information content (AvgIpc) is 2.42. The van der Waals surface area contributed by atoms with Gasteiger partial charge in [-0.15, -0.1) is 0 Å². The summed E-state index contributed by atoms with van der Waals surface area (Å²) in [5.41, 5.74) is 1.22. The summed E-state index contributed by atoms with van der Waals surface area (Å²) in [6, 6.07) is 8.49. The van der Waals surface area contributed by atoms with Gasteiger partial charge in [0.1, 0.15) is 5.75 Å². The standard InChI is InChI=1S/C15H25NO2/c1-13(16-11-7-4-8-12-17-2)14-9-5-6-10-15(14)18-3/h5-6,9-10,13,16H,4,7-8,11-12H2,1-3H3. The Morgan fingerprint density at radius 2 is 1.89 bits per heavy atom. The molecule has 0 heterocycles. The summed E-state index contributed by atoms with van der Waals surface area (Å²) in [7, 11) is 3.47. The molecule has 0 aromatic heterocycles. The quantitative estimate of drug-likeness (QED) is 0.684. The number of ether oxygens (including phenoxy) is 2. The van der Waals surface area contributed by atoms with Gasteiger partial charge in [-0.05, 0) is 38.8 Å². The van der Waals surface area contributed by atoms with Crippen molar-refractivity contribution in [3.63, 3.8) is 0 Å². The molecule has 3 nitrogen and oxygen atoms in total. The predicted octanol–water partition coefficient (Wildman–Crippen LogP) is 3.16. The highest BCUT2D eigenvalue weighted by atomic mass is 16.5. The van der Waals surface area contributed by atoms with Gasteiger partial charge in [-0.25, -0.2) is 0 Å². The number of hydrogen-bond donors (Lipinski definition) is 1. The van der Waals surface area contributed by atoms with Crippen molar-refractivity contribution in [3.05, 3.63) is 29.8 Å². The van der Waals surface area contributed by atoms with Gasteiger partial charge >= 0.3 is 0 Å². The molecule has 0 saturated carbocycles. The van der Waals surface area contributed by atoms with Crippen molar-refractivity contribution < 1.29 is 9.47 Å². The molecule has 0 aliphatic heterocycles. The molecule has 1 unspecified atom stereocenters. The molecule has 0 radical (unpaired) electrons. The highest BCUT2D eigenvalue weighted by Gasteiger charge is 2.09. The van der Waals surface area contributed by atoms with Gasteiger partial charge in [-0.3, -0.25) is 0 Å². The number of nitrogens with one attached hydrogen (secondary N) is 1. The molecule has 0 spiro atoms. The van der Waals surface area contributed by atoms with E-state index in [1.165, 1.54) is 18.4 Å². The van der Waals surface area contributed by atoms with Gasteiger partial charge < -0.3 is 14.8 Å². The summed E-state index contributed by atoms with van der Waals surface area (Å²) in [5.74, 6) is 0.955. The van der Waals surface area contributed by atoms with Crippen molar-refractivity contribution in [1.82, 2.24) is 5.32 Å². The molecular formula is C15H25NO2. The van der Waals surface area contributed by atoms with E-state index in [4.69, 9.17) is 9.47 Å². The third-order valence-electron chi connectivity index (χ3n) is 3.08. The molecule has 1 aromatic rings. The lowest BCUT2D eigenvalue weighted by Gasteiger charge is -2.17. The smallest absolute Gasteiger partial charge is 0.123 e. The minimum Gasteiger partial charge on any atom is -0.496 e. The zero-order valence-corrected chi connectivity index (χ0v) is 11.7. The number of unbranched alkanes of at least 4 members (excludes halogenated alkanes) is 2. The summed E-state index contributed by atoms with van der Waals surface area (Å²) >= 11 is 0. The Hall–Kier alpha value is -1.06. The number of hydrogen-bond acceptors (Lipinski definition) is 3. The van der Waals surface area contributed by atoms with Crippen LogP contribution in [-0.4, -0.2) is 27.4 Å². The van der Waals surface area contributed by atoms with Crippen LogP contribution in [0.15, 0.2) is 24.3 Å². The van der Waals surface area contributed by atoms with E-state index in [1.807, 2.05) is 12.1 Å². The molecule has 1 N–H and O–H groups in total. The number of methoxy groups -OCH3 is 2. The molecule has 3 heteroatoms. The van der Waals surface area contributed by atoms with Crippen LogP contribution in [0.3, 0.4) is 0 Å². The van der Waals surface area contributed by atoms with Crippen LogP contribution in [-0.2, 0) is 4.74 Å². The Morgan fingerprint density at radius 1 is 1.11 bits per heavy atom. The van der Waals surface area contributed by atoms with E-state index in [0.29, 0.717) is 6.04 Å². The first-order chi connectivity index (χ1) is 8.79. The fourth-order valence-electron chi connectivity index (χ4n) is 2.00. The SMILES string of the molecule is COCCCCCNC(C)c1ccccc1OC. The average molecular weight is 251 g/mol. The van der Waals surface area contributed by atoms with Gasteiger partial charge in [-0.2, -0.15) is 0 Å². The summed E-state index contributed by atoms with van der Waals surface area (Å²) in [6.07, 6.45) is 3.53. The zero-order chi connectivity index (χ0) is 13.2. The van der Waals surface area contributed by atoms with Crippen molar-refractivity contribution in [2.24, 2.45) is 0 Å². The maximum atomic E-state index is 5.37. The minimum atomic E-state index is 0.323. The van der Waals surface area contributed by atoms with Crippen LogP contribution in [0, 0.1) is 0 Å². The lowest BCUT2D eigenvalue weighted by atomic mass is 10.1. The van der Waals surface area contributed by atoms with Crippen LogP contribution in [0.4, 0.5) is 0 Å². The lowest BCUT2D eigenvalue weighted by Crippen LogP contribution is -2.20. The second kappa shape index (κ2) is 8.95. The van der Waals surface area contributed by atoms with Crippen LogP contribution < -0.4 is 10.1 Å². The van der Waals surface area contributed by atoms with Crippen LogP contribution in [0.1, 0.15) is 37.8 Å². The monoisotopic (exact) mass is 251 g/mol. The molecule has 1 aromatic carbocycles. The Morgan fingerprint density at radius 3 is 2.61 bits per heavy atom. The topological polar surface area (TPSA) is 30.5 Å². The molecule has 102 valence electrons. The van der Waals surface area contributed by atoms with Crippen molar-refractivity contribution in [3.8, 4) is 5.75 Å². The van der Waals surface area contributed by atoms with Crippen molar-refractivity contribution in [2.45, 2.75) is 32.2 Å². The maximum absolute atomic E-state index is 5.37. The van der Waals surface area contributed by atoms with E-state index in [2.05, 4.69) is 24.4 Å². The highest BCUT2D eigenvalue weighted by Crippen LogP contribution is 2.24. The molecule has 0 saturated heterocycles. The number of para-hydroxylation sites is 1. The normalized spacial score (nSPS) is 12.4. The summed E-state index contributed by atoms with van der Waals surface area (Å²) in [6.45, 7) is 4.07. The second-order valence-electron chi connectivity index (χ2n) is 4.47. The Labute approximate surface area is 110 Å². The summed E-state index contributed by atoms with van der Waals surface area (Å²) < 4.78 is 10.4. The van der Waals surface area contributed by atoms with E-state index in [1.54, 1.807) is 14.2 Å². The predicted molar refractivity (Wildman–Crippen MR) is 75.1 cm³/mol. The van der Waals surface area contributed by atoms with E-state index >= 15 is 0 Å². The zero-order valence-electron chi connectivity index (χ0n) is 11.7. The number of rotatable bonds is 9. The molecule has 0 aliphatic rings. The molecule has 0 fully saturated rings. The number of benzene rings is 1. The second-order valence-corrected chi connectivity index (χ2v) is 4.47. The first-order valence-corrected chi connectivity index (χ1v) is 6.64. The minimum absolute atomic E-state index is 0.323. The van der Waals surface area contributed by atoms with Crippen molar-refractivity contribution in [2.75, 3.05) is 27.4 Å². The van der Waals surface area contributed by atoms with E-state index in [0.717, 1.165) is 25.3 Å². The summed E-state index contributed by atoms with van der Waals surface area (Å²) in [4.78, 5) is 0. The molecule has 0 aliphatic carbocycles. The van der Waals surface area contributed by atoms with Gasteiger partial charge in [0, 0.05) is 25.3 Å². The molecule has 18 heavy (non-hydrogen) atoms. The van der Waals surface area contributed by atoms with Gasteiger partial charge in [0.05, 0.1) is 7.11 Å². The van der Waals surface area contributed by atoms with Crippen LogP contribution in [0.25, 0.3) is 0 Å².